The van der Waals surface area contributed by atoms with E-state index in [9.17, 15) is 0 Å². The van der Waals surface area contributed by atoms with Gasteiger partial charge in [0.2, 0.25) is 0 Å². The van der Waals surface area contributed by atoms with Crippen molar-refractivity contribution in [3.8, 4) is 0 Å². The minimum Gasteiger partial charge on any atom is -0.375 e. The van der Waals surface area contributed by atoms with E-state index in [2.05, 4.69) is 24.2 Å². The van der Waals surface area contributed by atoms with Gasteiger partial charge in [0, 0.05) is 25.6 Å². The number of rotatable bonds is 3. The van der Waals surface area contributed by atoms with Crippen molar-refractivity contribution in [3.63, 3.8) is 0 Å². The third kappa shape index (κ3) is 2.57. The molecule has 1 saturated heterocycles. The lowest BCUT2D eigenvalue weighted by Crippen LogP contribution is -2.47. The molecule has 3 heteroatoms. The molecular formula is C13H24N2O. The highest BCUT2D eigenvalue weighted by Gasteiger charge is 2.34. The molecule has 2 heterocycles. The molecule has 92 valence electrons. The van der Waals surface area contributed by atoms with E-state index in [1.165, 1.54) is 12.3 Å². The minimum atomic E-state index is 0.120. The van der Waals surface area contributed by atoms with Crippen LogP contribution in [0.1, 0.15) is 52.4 Å². The molecule has 0 aliphatic carbocycles. The zero-order valence-corrected chi connectivity index (χ0v) is 10.6. The molecule has 1 fully saturated rings. The molecule has 0 aromatic rings. The van der Waals surface area contributed by atoms with E-state index < -0.39 is 0 Å². The van der Waals surface area contributed by atoms with E-state index in [0.717, 1.165) is 45.3 Å². The van der Waals surface area contributed by atoms with Crippen molar-refractivity contribution in [1.29, 1.82) is 0 Å². The second-order valence-corrected chi connectivity index (χ2v) is 5.00. The zero-order chi connectivity index (χ0) is 11.4. The molecule has 0 aromatic carbocycles. The smallest absolute Gasteiger partial charge is 0.0965 e. The Kier molecular flexibility index (Phi) is 3.85. The molecule has 1 N–H and O–H groups in total. The lowest BCUT2D eigenvalue weighted by atomic mass is 9.86. The quantitative estimate of drug-likeness (QED) is 0.799. The summed E-state index contributed by atoms with van der Waals surface area (Å²) in [6.45, 7) is 6.38. The number of amidine groups is 1. The lowest BCUT2D eigenvalue weighted by Gasteiger charge is -2.40. The standard InChI is InChI=1S/C13H24N2O/c1-3-13(4-2)10-11(7-9-16-13)15-12-6-5-8-14-12/h11H,3-10H2,1-2H3,(H,14,15). The fraction of sp³-hybridized carbons (Fsp3) is 0.923. The molecule has 1 unspecified atom stereocenters. The van der Waals surface area contributed by atoms with Gasteiger partial charge in [0.15, 0.2) is 0 Å². The van der Waals surface area contributed by atoms with Gasteiger partial charge in [-0.15, -0.1) is 0 Å². The van der Waals surface area contributed by atoms with Gasteiger partial charge >= 0.3 is 0 Å². The van der Waals surface area contributed by atoms with E-state index >= 15 is 0 Å². The summed E-state index contributed by atoms with van der Waals surface area (Å²) in [7, 11) is 0. The summed E-state index contributed by atoms with van der Waals surface area (Å²) in [6.07, 6.45) is 6.86. The Bertz CT molecular complexity index is 259. The predicted molar refractivity (Wildman–Crippen MR) is 67.0 cm³/mol. The molecule has 2 rings (SSSR count). The maximum atomic E-state index is 5.98. The van der Waals surface area contributed by atoms with Crippen molar-refractivity contribution in [2.45, 2.75) is 64.0 Å². The van der Waals surface area contributed by atoms with E-state index in [0.29, 0.717) is 6.04 Å². The van der Waals surface area contributed by atoms with Gasteiger partial charge in [-0.25, -0.2) is 0 Å². The van der Waals surface area contributed by atoms with Gasteiger partial charge in [0.05, 0.1) is 11.4 Å². The summed E-state index contributed by atoms with van der Waals surface area (Å²) in [5.41, 5.74) is 0.120. The summed E-state index contributed by atoms with van der Waals surface area (Å²) >= 11 is 0. The Morgan fingerprint density at radius 3 is 2.88 bits per heavy atom. The zero-order valence-electron chi connectivity index (χ0n) is 10.6. The monoisotopic (exact) mass is 224 g/mol. The number of hydrogen-bond donors (Lipinski definition) is 1. The van der Waals surface area contributed by atoms with Gasteiger partial charge < -0.3 is 10.1 Å². The van der Waals surface area contributed by atoms with Gasteiger partial charge in [-0.3, -0.25) is 4.99 Å². The highest BCUT2D eigenvalue weighted by Crippen LogP contribution is 2.31. The van der Waals surface area contributed by atoms with Crippen molar-refractivity contribution >= 4 is 5.84 Å². The number of nitrogens with one attached hydrogen (secondary N) is 1. The van der Waals surface area contributed by atoms with Gasteiger partial charge in [0.25, 0.3) is 0 Å². The molecule has 0 saturated carbocycles. The maximum absolute atomic E-state index is 5.98. The lowest BCUT2D eigenvalue weighted by molar-refractivity contribution is -0.0910. The Morgan fingerprint density at radius 1 is 1.44 bits per heavy atom. The summed E-state index contributed by atoms with van der Waals surface area (Å²) < 4.78 is 5.98. The molecule has 2 aliphatic heterocycles. The fourth-order valence-corrected chi connectivity index (χ4v) is 2.79. The molecule has 2 aliphatic rings. The van der Waals surface area contributed by atoms with Crippen LogP contribution in [0.15, 0.2) is 4.99 Å². The first-order valence-electron chi connectivity index (χ1n) is 6.72. The van der Waals surface area contributed by atoms with E-state index in [4.69, 9.17) is 4.74 Å². The van der Waals surface area contributed by atoms with Crippen LogP contribution in [-0.4, -0.2) is 30.6 Å². The molecule has 16 heavy (non-hydrogen) atoms. The van der Waals surface area contributed by atoms with Crippen LogP contribution in [0, 0.1) is 0 Å². The SMILES string of the molecule is CCC1(CC)CC(NC2=NCCC2)CCO1. The van der Waals surface area contributed by atoms with Crippen LogP contribution in [0.4, 0.5) is 0 Å². The van der Waals surface area contributed by atoms with Crippen LogP contribution < -0.4 is 5.32 Å². The summed E-state index contributed by atoms with van der Waals surface area (Å²) in [5.74, 6) is 1.23. The van der Waals surface area contributed by atoms with Crippen molar-refractivity contribution in [2.24, 2.45) is 4.99 Å². The number of nitrogens with zero attached hydrogens (tertiary/aromatic N) is 1. The maximum Gasteiger partial charge on any atom is 0.0965 e. The van der Waals surface area contributed by atoms with Gasteiger partial charge in [-0.05, 0) is 32.1 Å². The molecule has 0 amide bonds. The number of ether oxygens (including phenoxy) is 1. The summed E-state index contributed by atoms with van der Waals surface area (Å²) in [4.78, 5) is 4.49. The Morgan fingerprint density at radius 2 is 2.25 bits per heavy atom. The highest BCUT2D eigenvalue weighted by atomic mass is 16.5. The third-order valence-electron chi connectivity index (χ3n) is 4.03. The molecule has 0 bridgehead atoms. The highest BCUT2D eigenvalue weighted by molar-refractivity contribution is 5.83. The molecular weight excluding hydrogens is 200 g/mol. The van der Waals surface area contributed by atoms with Crippen LogP contribution in [0.5, 0.6) is 0 Å². The average Bonchev–Trinajstić information content (AvgIpc) is 2.82. The second kappa shape index (κ2) is 5.17. The fourth-order valence-electron chi connectivity index (χ4n) is 2.79. The predicted octanol–water partition coefficient (Wildman–Crippen LogP) is 2.51. The van der Waals surface area contributed by atoms with Crippen molar-refractivity contribution < 1.29 is 4.74 Å². The van der Waals surface area contributed by atoms with Crippen molar-refractivity contribution in [1.82, 2.24) is 5.32 Å². The van der Waals surface area contributed by atoms with Gasteiger partial charge in [-0.1, -0.05) is 13.8 Å². The average molecular weight is 224 g/mol. The Labute approximate surface area is 98.7 Å². The topological polar surface area (TPSA) is 33.6 Å². The normalized spacial score (nSPS) is 28.9. The van der Waals surface area contributed by atoms with Crippen LogP contribution >= 0.6 is 0 Å². The molecule has 1 atom stereocenters. The van der Waals surface area contributed by atoms with E-state index in [1.807, 2.05) is 0 Å². The molecule has 0 aromatic heterocycles. The second-order valence-electron chi connectivity index (χ2n) is 5.00. The first-order chi connectivity index (χ1) is 7.78. The Balaban J connectivity index is 1.90. The minimum absolute atomic E-state index is 0.120. The van der Waals surface area contributed by atoms with Crippen LogP contribution in [0.25, 0.3) is 0 Å². The molecule has 0 spiro atoms. The summed E-state index contributed by atoms with van der Waals surface area (Å²) in [6, 6.07) is 0.575. The van der Waals surface area contributed by atoms with E-state index in [-0.39, 0.29) is 5.60 Å². The van der Waals surface area contributed by atoms with Gasteiger partial charge in [0.1, 0.15) is 0 Å². The van der Waals surface area contributed by atoms with Crippen LogP contribution in [0.3, 0.4) is 0 Å². The largest absolute Gasteiger partial charge is 0.375 e. The van der Waals surface area contributed by atoms with Crippen LogP contribution in [0.2, 0.25) is 0 Å². The first kappa shape index (κ1) is 11.9. The number of aliphatic imine (C=N–C) groups is 1. The van der Waals surface area contributed by atoms with Crippen LogP contribution in [-0.2, 0) is 4.74 Å². The molecule has 3 nitrogen and oxygen atoms in total. The van der Waals surface area contributed by atoms with Crippen molar-refractivity contribution in [3.05, 3.63) is 0 Å². The number of hydrogen-bond acceptors (Lipinski definition) is 3. The Hall–Kier alpha value is -0.570. The summed E-state index contributed by atoms with van der Waals surface area (Å²) in [5, 5.41) is 3.61. The van der Waals surface area contributed by atoms with Crippen molar-refractivity contribution in [2.75, 3.05) is 13.2 Å². The van der Waals surface area contributed by atoms with E-state index in [1.54, 1.807) is 0 Å². The molecule has 0 radical (unpaired) electrons. The third-order valence-corrected chi connectivity index (χ3v) is 4.03. The van der Waals surface area contributed by atoms with Gasteiger partial charge in [-0.2, -0.15) is 0 Å². The first-order valence-corrected chi connectivity index (χ1v) is 6.72.